The van der Waals surface area contributed by atoms with Gasteiger partial charge in [-0.05, 0) is 22.9 Å². The number of aryl methyl sites for hydroxylation is 2. The molecule has 0 aliphatic carbocycles. The first-order valence-corrected chi connectivity index (χ1v) is 6.74. The maximum atomic E-state index is 12.7. The van der Waals surface area contributed by atoms with Gasteiger partial charge in [0.05, 0.1) is 0 Å². The molecule has 1 aromatic carbocycles. The van der Waals surface area contributed by atoms with Crippen molar-refractivity contribution < 1.29 is 4.79 Å². The highest BCUT2D eigenvalue weighted by molar-refractivity contribution is 5.95. The van der Waals surface area contributed by atoms with E-state index >= 15 is 0 Å². The Labute approximate surface area is 126 Å². The van der Waals surface area contributed by atoms with E-state index in [-0.39, 0.29) is 5.91 Å². The fourth-order valence-electron chi connectivity index (χ4n) is 2.16. The topological polar surface area (TPSA) is 90.5 Å². The quantitative estimate of drug-likeness (QED) is 0.774. The molecular weight excluding hydrogens is 282 g/mol. The molecule has 0 saturated carbocycles. The van der Waals surface area contributed by atoms with E-state index in [0.29, 0.717) is 5.82 Å². The number of tetrazole rings is 1. The lowest BCUT2D eigenvalue weighted by molar-refractivity contribution is -0.118. The lowest BCUT2D eigenvalue weighted by Crippen LogP contribution is -2.27. The van der Waals surface area contributed by atoms with Crippen molar-refractivity contribution in [1.82, 2.24) is 30.0 Å². The summed E-state index contributed by atoms with van der Waals surface area (Å²) in [5, 5.41) is 18.1. The summed E-state index contributed by atoms with van der Waals surface area (Å²) >= 11 is 0. The molecule has 8 heteroatoms. The van der Waals surface area contributed by atoms with Crippen LogP contribution in [-0.4, -0.2) is 35.9 Å². The van der Waals surface area contributed by atoms with Gasteiger partial charge in [0.15, 0.2) is 11.9 Å². The first-order chi connectivity index (χ1) is 10.6. The van der Waals surface area contributed by atoms with E-state index < -0.39 is 6.04 Å². The fourth-order valence-corrected chi connectivity index (χ4v) is 2.16. The minimum absolute atomic E-state index is 0.253. The number of benzene rings is 1. The SMILES string of the molecule is Cc1cc(NC(=O)C(c2ccccc2)n2cnnn2)nn1C. The zero-order chi connectivity index (χ0) is 15.5. The Morgan fingerprint density at radius 1 is 1.27 bits per heavy atom. The summed E-state index contributed by atoms with van der Waals surface area (Å²) in [7, 11) is 1.82. The number of hydrogen-bond donors (Lipinski definition) is 1. The van der Waals surface area contributed by atoms with Gasteiger partial charge in [-0.3, -0.25) is 9.48 Å². The molecule has 0 aliphatic rings. The monoisotopic (exact) mass is 297 g/mol. The summed E-state index contributed by atoms with van der Waals surface area (Å²) in [5.74, 6) is 0.246. The molecule has 22 heavy (non-hydrogen) atoms. The predicted octanol–water partition coefficient (Wildman–Crippen LogP) is 0.943. The van der Waals surface area contributed by atoms with E-state index in [2.05, 4.69) is 25.9 Å². The van der Waals surface area contributed by atoms with E-state index in [1.807, 2.05) is 44.3 Å². The van der Waals surface area contributed by atoms with Gasteiger partial charge in [-0.1, -0.05) is 30.3 Å². The van der Waals surface area contributed by atoms with Crippen LogP contribution in [0.4, 0.5) is 5.82 Å². The number of nitrogens with zero attached hydrogens (tertiary/aromatic N) is 6. The number of carbonyl (C=O) groups excluding carboxylic acids is 1. The van der Waals surface area contributed by atoms with Crippen molar-refractivity contribution in [1.29, 1.82) is 0 Å². The lowest BCUT2D eigenvalue weighted by atomic mass is 10.1. The highest BCUT2D eigenvalue weighted by atomic mass is 16.2. The summed E-state index contributed by atoms with van der Waals surface area (Å²) in [6.07, 6.45) is 1.42. The number of rotatable bonds is 4. The second-order valence-corrected chi connectivity index (χ2v) is 4.89. The van der Waals surface area contributed by atoms with Crippen LogP contribution in [0.25, 0.3) is 0 Å². The largest absolute Gasteiger partial charge is 0.307 e. The third-order valence-electron chi connectivity index (χ3n) is 3.36. The van der Waals surface area contributed by atoms with Gasteiger partial charge >= 0.3 is 0 Å². The normalized spacial score (nSPS) is 12.1. The molecule has 1 atom stereocenters. The van der Waals surface area contributed by atoms with E-state index in [9.17, 15) is 4.79 Å². The van der Waals surface area contributed by atoms with E-state index in [1.54, 1.807) is 10.7 Å². The van der Waals surface area contributed by atoms with Gasteiger partial charge in [0.1, 0.15) is 6.33 Å². The maximum Gasteiger partial charge on any atom is 0.255 e. The van der Waals surface area contributed by atoms with E-state index in [1.165, 1.54) is 11.0 Å². The van der Waals surface area contributed by atoms with Crippen molar-refractivity contribution >= 4 is 11.7 Å². The van der Waals surface area contributed by atoms with E-state index in [4.69, 9.17) is 0 Å². The van der Waals surface area contributed by atoms with Gasteiger partial charge < -0.3 is 5.32 Å². The molecule has 1 N–H and O–H groups in total. The Bertz CT molecular complexity index is 744. The maximum absolute atomic E-state index is 12.7. The van der Waals surface area contributed by atoms with Crippen LogP contribution in [0.1, 0.15) is 17.3 Å². The molecule has 8 nitrogen and oxygen atoms in total. The molecule has 1 amide bonds. The second-order valence-electron chi connectivity index (χ2n) is 4.89. The van der Waals surface area contributed by atoms with Crippen LogP contribution in [0, 0.1) is 6.92 Å². The average Bonchev–Trinajstić information content (AvgIpc) is 3.12. The molecule has 1 unspecified atom stereocenters. The van der Waals surface area contributed by atoms with Gasteiger partial charge in [-0.25, -0.2) is 4.68 Å². The number of hydrogen-bond acceptors (Lipinski definition) is 5. The van der Waals surface area contributed by atoms with Crippen molar-refractivity contribution in [2.75, 3.05) is 5.32 Å². The highest BCUT2D eigenvalue weighted by Crippen LogP contribution is 2.19. The Kier molecular flexibility index (Phi) is 3.65. The summed E-state index contributed by atoms with van der Waals surface area (Å²) in [6, 6.07) is 10.5. The van der Waals surface area contributed by atoms with Gasteiger partial charge in [0, 0.05) is 18.8 Å². The number of amides is 1. The van der Waals surface area contributed by atoms with Gasteiger partial charge in [-0.15, -0.1) is 5.10 Å². The van der Waals surface area contributed by atoms with Gasteiger partial charge in [0.2, 0.25) is 0 Å². The minimum Gasteiger partial charge on any atom is -0.307 e. The van der Waals surface area contributed by atoms with Crippen LogP contribution in [0.15, 0.2) is 42.7 Å². The molecule has 0 radical (unpaired) electrons. The molecule has 0 fully saturated rings. The molecule has 0 bridgehead atoms. The smallest absolute Gasteiger partial charge is 0.255 e. The molecule has 3 aromatic rings. The van der Waals surface area contributed by atoms with Crippen LogP contribution < -0.4 is 5.32 Å². The fraction of sp³-hybridized carbons (Fsp3) is 0.214. The molecule has 0 saturated heterocycles. The molecule has 0 aliphatic heterocycles. The number of nitrogens with one attached hydrogen (secondary N) is 1. The summed E-state index contributed by atoms with van der Waals surface area (Å²) < 4.78 is 3.12. The van der Waals surface area contributed by atoms with Crippen molar-refractivity contribution in [2.24, 2.45) is 7.05 Å². The zero-order valence-electron chi connectivity index (χ0n) is 12.2. The lowest BCUT2D eigenvalue weighted by Gasteiger charge is -2.15. The van der Waals surface area contributed by atoms with Crippen molar-refractivity contribution in [2.45, 2.75) is 13.0 Å². The molecule has 3 rings (SSSR count). The van der Waals surface area contributed by atoms with Crippen molar-refractivity contribution in [3.8, 4) is 0 Å². The summed E-state index contributed by atoms with van der Waals surface area (Å²) in [5.41, 5.74) is 1.74. The standard InChI is InChI=1S/C14H15N7O/c1-10-8-12(17-20(10)2)16-14(22)13(21-9-15-18-19-21)11-6-4-3-5-7-11/h3-9,13H,1-2H3,(H,16,17,22). The molecule has 2 heterocycles. The zero-order valence-corrected chi connectivity index (χ0v) is 12.2. The average molecular weight is 297 g/mol. The van der Waals surface area contributed by atoms with Crippen LogP contribution in [0.5, 0.6) is 0 Å². The van der Waals surface area contributed by atoms with Crippen LogP contribution >= 0.6 is 0 Å². The Morgan fingerprint density at radius 2 is 2.05 bits per heavy atom. The molecule has 112 valence electrons. The van der Waals surface area contributed by atoms with Crippen molar-refractivity contribution in [3.05, 3.63) is 54.0 Å². The van der Waals surface area contributed by atoms with Crippen LogP contribution in [-0.2, 0) is 11.8 Å². The highest BCUT2D eigenvalue weighted by Gasteiger charge is 2.24. The Morgan fingerprint density at radius 3 is 2.64 bits per heavy atom. The molecule has 2 aromatic heterocycles. The van der Waals surface area contributed by atoms with E-state index in [0.717, 1.165) is 11.3 Å². The summed E-state index contributed by atoms with van der Waals surface area (Å²) in [4.78, 5) is 12.7. The number of aromatic nitrogens is 6. The van der Waals surface area contributed by atoms with Gasteiger partial charge in [0.25, 0.3) is 5.91 Å². The first-order valence-electron chi connectivity index (χ1n) is 6.74. The van der Waals surface area contributed by atoms with Crippen LogP contribution in [0.3, 0.4) is 0 Å². The Hall–Kier alpha value is -3.03. The predicted molar refractivity (Wildman–Crippen MR) is 79.0 cm³/mol. The summed E-state index contributed by atoms with van der Waals surface area (Å²) in [6.45, 7) is 1.92. The second kappa shape index (κ2) is 5.76. The molecule has 0 spiro atoms. The third kappa shape index (κ3) is 2.71. The first kappa shape index (κ1) is 13.9. The van der Waals surface area contributed by atoms with Gasteiger partial charge in [-0.2, -0.15) is 5.10 Å². The number of carbonyl (C=O) groups is 1. The number of anilines is 1. The Balaban J connectivity index is 1.91. The third-order valence-corrected chi connectivity index (χ3v) is 3.36. The minimum atomic E-state index is -0.654. The van der Waals surface area contributed by atoms with Crippen LogP contribution in [0.2, 0.25) is 0 Å². The van der Waals surface area contributed by atoms with Crippen molar-refractivity contribution in [3.63, 3.8) is 0 Å². The molecular formula is C14H15N7O.